The maximum absolute atomic E-state index is 13.4. The van der Waals surface area contributed by atoms with Gasteiger partial charge in [-0.15, -0.1) is 0 Å². The van der Waals surface area contributed by atoms with Gasteiger partial charge in [0.05, 0.1) is 6.61 Å². The molecule has 0 fully saturated rings. The third kappa shape index (κ3) is 2.88. The first-order valence-corrected chi connectivity index (χ1v) is 5.06. The number of ether oxygens (including phenoxy) is 1. The Morgan fingerprint density at radius 1 is 0.941 bits per heavy atom. The summed E-state index contributed by atoms with van der Waals surface area (Å²) in [6.07, 6.45) is 0.749. The Bertz CT molecular complexity index is 378. The first-order valence-electron chi connectivity index (χ1n) is 5.06. The molecule has 0 saturated heterocycles. The number of benzene rings is 1. The van der Waals surface area contributed by atoms with Crippen LogP contribution in [0.2, 0.25) is 0 Å². The Morgan fingerprint density at radius 3 is 2.18 bits per heavy atom. The van der Waals surface area contributed by atoms with E-state index in [1.165, 1.54) is 0 Å². The summed E-state index contributed by atoms with van der Waals surface area (Å²) in [6, 6.07) is 0. The molecule has 0 spiro atoms. The number of hydrogen-bond donors (Lipinski definition) is 1. The van der Waals surface area contributed by atoms with E-state index >= 15 is 0 Å². The van der Waals surface area contributed by atoms with Gasteiger partial charge in [-0.2, -0.15) is 4.39 Å². The van der Waals surface area contributed by atoms with Crippen molar-refractivity contribution in [2.45, 2.75) is 19.8 Å². The van der Waals surface area contributed by atoms with Gasteiger partial charge in [-0.05, 0) is 19.8 Å². The number of aliphatic hydroxyl groups excluding tert-OH is 1. The van der Waals surface area contributed by atoms with Gasteiger partial charge in [-0.25, -0.2) is 13.2 Å². The average Bonchev–Trinajstić information content (AvgIpc) is 2.33. The van der Waals surface area contributed by atoms with Crippen LogP contribution in [0.5, 0.6) is 5.75 Å². The summed E-state index contributed by atoms with van der Waals surface area (Å²) >= 11 is 0. The van der Waals surface area contributed by atoms with E-state index in [9.17, 15) is 17.6 Å². The standard InChI is InChI=1S/C11H12F4O2/c1-6-7(12)9(14)10(15)11(8(6)13)17-5-3-2-4-16/h16H,2-5H2,1H3. The van der Waals surface area contributed by atoms with Gasteiger partial charge in [0.1, 0.15) is 0 Å². The summed E-state index contributed by atoms with van der Waals surface area (Å²) in [5, 5.41) is 8.48. The molecule has 1 aromatic carbocycles. The molecule has 0 bridgehead atoms. The summed E-state index contributed by atoms with van der Waals surface area (Å²) in [4.78, 5) is 0. The summed E-state index contributed by atoms with van der Waals surface area (Å²) in [5.41, 5.74) is -0.624. The second-order valence-corrected chi connectivity index (χ2v) is 3.49. The van der Waals surface area contributed by atoms with Gasteiger partial charge in [-0.3, -0.25) is 0 Å². The van der Waals surface area contributed by atoms with Crippen molar-refractivity contribution >= 4 is 0 Å². The van der Waals surface area contributed by atoms with E-state index in [1.807, 2.05) is 0 Å². The molecule has 0 heterocycles. The molecule has 0 atom stereocenters. The fraction of sp³-hybridized carbons (Fsp3) is 0.455. The van der Waals surface area contributed by atoms with Gasteiger partial charge in [0, 0.05) is 12.2 Å². The minimum atomic E-state index is -1.75. The van der Waals surface area contributed by atoms with Crippen molar-refractivity contribution in [1.82, 2.24) is 0 Å². The monoisotopic (exact) mass is 252 g/mol. The SMILES string of the molecule is Cc1c(F)c(F)c(F)c(OCCCCO)c1F. The molecule has 96 valence electrons. The Balaban J connectivity index is 2.92. The molecule has 0 amide bonds. The minimum absolute atomic E-state index is 0.0782. The number of aliphatic hydroxyl groups is 1. The van der Waals surface area contributed by atoms with Crippen LogP contribution in [0.4, 0.5) is 17.6 Å². The number of rotatable bonds is 5. The lowest BCUT2D eigenvalue weighted by Gasteiger charge is -2.11. The second kappa shape index (κ2) is 5.86. The maximum atomic E-state index is 13.4. The van der Waals surface area contributed by atoms with Crippen molar-refractivity contribution in [3.63, 3.8) is 0 Å². The molecule has 0 radical (unpaired) electrons. The average molecular weight is 252 g/mol. The molecule has 6 heteroatoms. The van der Waals surface area contributed by atoms with Crippen LogP contribution in [0.1, 0.15) is 18.4 Å². The molecule has 17 heavy (non-hydrogen) atoms. The molecular weight excluding hydrogens is 240 g/mol. The normalized spacial score (nSPS) is 10.7. The first-order chi connectivity index (χ1) is 8.00. The van der Waals surface area contributed by atoms with E-state index < -0.39 is 34.6 Å². The lowest BCUT2D eigenvalue weighted by atomic mass is 10.2. The van der Waals surface area contributed by atoms with Crippen LogP contribution in [-0.2, 0) is 0 Å². The molecular formula is C11H12F4O2. The Morgan fingerprint density at radius 2 is 1.59 bits per heavy atom. The molecule has 0 aliphatic carbocycles. The predicted octanol–water partition coefficient (Wildman–Crippen LogP) is 2.70. The fourth-order valence-electron chi connectivity index (χ4n) is 1.24. The molecule has 0 aromatic heterocycles. The van der Waals surface area contributed by atoms with E-state index in [0.717, 1.165) is 6.92 Å². The highest BCUT2D eigenvalue weighted by atomic mass is 19.2. The Kier molecular flexibility index (Phi) is 4.74. The third-order valence-corrected chi connectivity index (χ3v) is 2.24. The molecule has 1 N–H and O–H groups in total. The first kappa shape index (κ1) is 13.8. The Labute approximate surface area is 95.8 Å². The van der Waals surface area contributed by atoms with E-state index in [0.29, 0.717) is 12.8 Å². The molecule has 1 aromatic rings. The summed E-state index contributed by atoms with van der Waals surface area (Å²) in [5.74, 6) is -7.14. The van der Waals surface area contributed by atoms with E-state index in [1.54, 1.807) is 0 Å². The largest absolute Gasteiger partial charge is 0.488 e. The minimum Gasteiger partial charge on any atom is -0.488 e. The molecule has 2 nitrogen and oxygen atoms in total. The highest BCUT2D eigenvalue weighted by molar-refractivity contribution is 5.34. The fourth-order valence-corrected chi connectivity index (χ4v) is 1.24. The maximum Gasteiger partial charge on any atom is 0.206 e. The van der Waals surface area contributed by atoms with Gasteiger partial charge in [0.2, 0.25) is 5.82 Å². The van der Waals surface area contributed by atoms with Crippen LogP contribution in [0.15, 0.2) is 0 Å². The van der Waals surface area contributed by atoms with Crippen LogP contribution < -0.4 is 4.74 Å². The van der Waals surface area contributed by atoms with Crippen molar-refractivity contribution < 1.29 is 27.4 Å². The van der Waals surface area contributed by atoms with Gasteiger partial charge >= 0.3 is 0 Å². The topological polar surface area (TPSA) is 29.5 Å². The lowest BCUT2D eigenvalue weighted by molar-refractivity contribution is 0.238. The summed E-state index contributed by atoms with van der Waals surface area (Å²) in [7, 11) is 0. The van der Waals surface area contributed by atoms with Crippen LogP contribution >= 0.6 is 0 Å². The van der Waals surface area contributed by atoms with E-state index in [2.05, 4.69) is 0 Å². The van der Waals surface area contributed by atoms with Gasteiger partial charge in [-0.1, -0.05) is 0 Å². The van der Waals surface area contributed by atoms with Gasteiger partial charge < -0.3 is 9.84 Å². The smallest absolute Gasteiger partial charge is 0.206 e. The second-order valence-electron chi connectivity index (χ2n) is 3.49. The molecule has 0 saturated carbocycles. The van der Waals surface area contributed by atoms with Crippen molar-refractivity contribution in [1.29, 1.82) is 0 Å². The molecule has 0 aliphatic rings. The van der Waals surface area contributed by atoms with E-state index in [-0.39, 0.29) is 13.2 Å². The van der Waals surface area contributed by atoms with E-state index in [4.69, 9.17) is 9.84 Å². The van der Waals surface area contributed by atoms with Crippen molar-refractivity contribution in [2.24, 2.45) is 0 Å². The number of unbranched alkanes of at least 4 members (excludes halogenated alkanes) is 1. The quantitative estimate of drug-likeness (QED) is 0.378. The lowest BCUT2D eigenvalue weighted by Crippen LogP contribution is -2.07. The van der Waals surface area contributed by atoms with Gasteiger partial charge in [0.25, 0.3) is 0 Å². The number of halogens is 4. The van der Waals surface area contributed by atoms with Crippen LogP contribution in [-0.4, -0.2) is 18.3 Å². The molecule has 1 rings (SSSR count). The molecule has 0 unspecified atom stereocenters. The highest BCUT2D eigenvalue weighted by Crippen LogP contribution is 2.29. The highest BCUT2D eigenvalue weighted by Gasteiger charge is 2.24. The summed E-state index contributed by atoms with van der Waals surface area (Å²) < 4.78 is 57.2. The van der Waals surface area contributed by atoms with Crippen LogP contribution in [0.3, 0.4) is 0 Å². The zero-order chi connectivity index (χ0) is 13.0. The number of hydrogen-bond acceptors (Lipinski definition) is 2. The van der Waals surface area contributed by atoms with Crippen molar-refractivity contribution in [3.8, 4) is 5.75 Å². The zero-order valence-electron chi connectivity index (χ0n) is 9.20. The third-order valence-electron chi connectivity index (χ3n) is 2.24. The van der Waals surface area contributed by atoms with Crippen LogP contribution in [0.25, 0.3) is 0 Å². The van der Waals surface area contributed by atoms with Crippen LogP contribution in [0, 0.1) is 30.2 Å². The Hall–Kier alpha value is -1.30. The molecule has 0 aliphatic heterocycles. The van der Waals surface area contributed by atoms with Crippen molar-refractivity contribution in [2.75, 3.05) is 13.2 Å². The van der Waals surface area contributed by atoms with Gasteiger partial charge in [0.15, 0.2) is 23.2 Å². The zero-order valence-corrected chi connectivity index (χ0v) is 9.20. The summed E-state index contributed by atoms with van der Waals surface area (Å²) in [6.45, 7) is 0.831. The van der Waals surface area contributed by atoms with Crippen molar-refractivity contribution in [3.05, 3.63) is 28.8 Å². The predicted molar refractivity (Wildman–Crippen MR) is 52.8 cm³/mol.